The van der Waals surface area contributed by atoms with Gasteiger partial charge in [0, 0.05) is 0 Å². The lowest BCUT2D eigenvalue weighted by atomic mass is 10.1. The van der Waals surface area contributed by atoms with E-state index < -0.39 is 5.97 Å². The molecule has 0 unspecified atom stereocenters. The van der Waals surface area contributed by atoms with Crippen LogP contribution in [-0.2, 0) is 4.74 Å². The smallest absolute Gasteiger partial charge is 0.355 e. The van der Waals surface area contributed by atoms with Gasteiger partial charge in [-0.3, -0.25) is 4.79 Å². The highest BCUT2D eigenvalue weighted by Gasteiger charge is 2.20. The fourth-order valence-electron chi connectivity index (χ4n) is 1.90. The number of hydrogen-bond acceptors (Lipinski definition) is 4. The van der Waals surface area contributed by atoms with E-state index in [9.17, 15) is 9.59 Å². The lowest BCUT2D eigenvalue weighted by molar-refractivity contribution is 0.0593. The Morgan fingerprint density at radius 2 is 2.22 bits per heavy atom. The van der Waals surface area contributed by atoms with E-state index in [1.54, 1.807) is 18.2 Å². The van der Waals surface area contributed by atoms with Crippen LogP contribution in [0.3, 0.4) is 0 Å². The van der Waals surface area contributed by atoms with Crippen molar-refractivity contribution in [2.75, 3.05) is 13.7 Å². The van der Waals surface area contributed by atoms with E-state index in [0.717, 1.165) is 0 Å². The summed E-state index contributed by atoms with van der Waals surface area (Å²) in [6.07, 6.45) is 0.633. The molecule has 0 radical (unpaired) electrons. The summed E-state index contributed by atoms with van der Waals surface area (Å²) in [6.45, 7) is 2.34. The number of nitrogens with one attached hydrogen (secondary N) is 1. The minimum absolute atomic E-state index is 0.148. The van der Waals surface area contributed by atoms with Crippen molar-refractivity contribution >= 4 is 23.2 Å². The summed E-state index contributed by atoms with van der Waals surface area (Å²) in [5.41, 5.74) is 1.08. The molecule has 0 atom stereocenters. The Morgan fingerprint density at radius 3 is 2.83 bits per heavy atom. The van der Waals surface area contributed by atoms with E-state index in [1.807, 2.05) is 6.92 Å². The Bertz CT molecular complexity index is 600. The van der Waals surface area contributed by atoms with Crippen LogP contribution in [0.1, 0.15) is 27.8 Å². The van der Waals surface area contributed by atoms with Gasteiger partial charge in [0.2, 0.25) is 0 Å². The van der Waals surface area contributed by atoms with Gasteiger partial charge in [0.15, 0.2) is 6.29 Å². The maximum Gasteiger partial charge on any atom is 0.355 e. The number of aromatic nitrogens is 1. The molecule has 1 heterocycles. The van der Waals surface area contributed by atoms with E-state index in [4.69, 9.17) is 4.74 Å². The molecule has 0 aliphatic heterocycles. The van der Waals surface area contributed by atoms with Crippen molar-refractivity contribution in [1.29, 1.82) is 0 Å². The number of fused-ring (bicyclic) bond motifs is 1. The summed E-state index contributed by atoms with van der Waals surface area (Å²) in [5, 5.41) is 0.606. The summed E-state index contributed by atoms with van der Waals surface area (Å²) >= 11 is 0. The van der Waals surface area contributed by atoms with Crippen molar-refractivity contribution in [2.45, 2.75) is 6.92 Å². The summed E-state index contributed by atoms with van der Waals surface area (Å²) < 4.78 is 10.1. The number of methoxy groups -OCH3 is 1. The summed E-state index contributed by atoms with van der Waals surface area (Å²) in [4.78, 5) is 25.7. The number of benzene rings is 1. The standard InChI is InChI=1S/C13H13NO4/c1-3-18-10-6-4-5-9-11(10)8(7-15)12(14-9)13(16)17-2/h4-7,14H,3H2,1-2H3. The number of H-pyrrole nitrogens is 1. The van der Waals surface area contributed by atoms with Crippen LogP contribution in [0.4, 0.5) is 0 Å². The topological polar surface area (TPSA) is 68.4 Å². The fourth-order valence-corrected chi connectivity index (χ4v) is 1.90. The number of carbonyl (C=O) groups is 2. The summed E-state index contributed by atoms with van der Waals surface area (Å²) in [5.74, 6) is -0.000693. The Kier molecular flexibility index (Phi) is 3.32. The third kappa shape index (κ3) is 1.84. The van der Waals surface area contributed by atoms with E-state index in [2.05, 4.69) is 9.72 Å². The predicted molar refractivity (Wildman–Crippen MR) is 66.2 cm³/mol. The van der Waals surface area contributed by atoms with Crippen LogP contribution in [0.15, 0.2) is 18.2 Å². The van der Waals surface area contributed by atoms with Crippen LogP contribution in [0, 0.1) is 0 Å². The molecule has 0 bridgehead atoms. The first-order valence-corrected chi connectivity index (χ1v) is 5.53. The molecule has 5 heteroatoms. The number of ether oxygens (including phenoxy) is 2. The van der Waals surface area contributed by atoms with Crippen LogP contribution in [0.2, 0.25) is 0 Å². The zero-order chi connectivity index (χ0) is 13.1. The molecule has 0 saturated carbocycles. The van der Waals surface area contributed by atoms with Crippen molar-refractivity contribution in [3.05, 3.63) is 29.5 Å². The molecular formula is C13H13NO4. The third-order valence-electron chi connectivity index (χ3n) is 2.63. The quantitative estimate of drug-likeness (QED) is 0.664. The largest absolute Gasteiger partial charge is 0.493 e. The van der Waals surface area contributed by atoms with Crippen LogP contribution in [0.5, 0.6) is 5.75 Å². The average molecular weight is 247 g/mol. The predicted octanol–water partition coefficient (Wildman–Crippen LogP) is 2.17. The number of aldehydes is 1. The van der Waals surface area contributed by atoms with Gasteiger partial charge in [-0.25, -0.2) is 4.79 Å². The number of carbonyl (C=O) groups excluding carboxylic acids is 2. The van der Waals surface area contributed by atoms with Crippen molar-refractivity contribution in [3.8, 4) is 5.75 Å². The molecule has 94 valence electrons. The first-order valence-electron chi connectivity index (χ1n) is 5.53. The lowest BCUT2D eigenvalue weighted by Gasteiger charge is -2.04. The van der Waals surface area contributed by atoms with Gasteiger partial charge in [-0.1, -0.05) is 6.07 Å². The van der Waals surface area contributed by atoms with Crippen molar-refractivity contribution in [2.24, 2.45) is 0 Å². The Morgan fingerprint density at radius 1 is 1.44 bits per heavy atom. The second-order valence-corrected chi connectivity index (χ2v) is 3.63. The van der Waals surface area contributed by atoms with Gasteiger partial charge in [-0.15, -0.1) is 0 Å². The molecule has 2 rings (SSSR count). The Balaban J connectivity index is 2.73. The molecule has 2 aromatic rings. The maximum atomic E-state index is 11.6. The van der Waals surface area contributed by atoms with Crippen LogP contribution < -0.4 is 4.74 Å². The second-order valence-electron chi connectivity index (χ2n) is 3.63. The minimum Gasteiger partial charge on any atom is -0.493 e. The average Bonchev–Trinajstić information content (AvgIpc) is 2.77. The van der Waals surface area contributed by atoms with Gasteiger partial charge < -0.3 is 14.5 Å². The number of aromatic amines is 1. The van der Waals surface area contributed by atoms with Gasteiger partial charge in [-0.05, 0) is 19.1 Å². The van der Waals surface area contributed by atoms with Crippen molar-refractivity contribution in [3.63, 3.8) is 0 Å². The number of hydrogen-bond donors (Lipinski definition) is 1. The normalized spacial score (nSPS) is 10.3. The Hall–Kier alpha value is -2.30. The van der Waals surface area contributed by atoms with Gasteiger partial charge in [-0.2, -0.15) is 0 Å². The van der Waals surface area contributed by atoms with Crippen LogP contribution in [-0.4, -0.2) is 31.0 Å². The van der Waals surface area contributed by atoms with E-state index in [-0.39, 0.29) is 11.3 Å². The SMILES string of the molecule is CCOc1cccc2[nH]c(C(=O)OC)c(C=O)c12. The summed E-state index contributed by atoms with van der Waals surface area (Å²) in [7, 11) is 1.27. The molecule has 1 aromatic carbocycles. The van der Waals surface area contributed by atoms with Crippen molar-refractivity contribution in [1.82, 2.24) is 4.98 Å². The molecule has 1 aromatic heterocycles. The zero-order valence-corrected chi connectivity index (χ0v) is 10.1. The maximum absolute atomic E-state index is 11.6. The fraction of sp³-hybridized carbons (Fsp3) is 0.231. The molecule has 5 nitrogen and oxygen atoms in total. The van der Waals surface area contributed by atoms with Gasteiger partial charge in [0.25, 0.3) is 0 Å². The molecule has 0 aliphatic rings. The first-order chi connectivity index (χ1) is 8.72. The van der Waals surface area contributed by atoms with Gasteiger partial charge in [0.05, 0.1) is 30.2 Å². The highest BCUT2D eigenvalue weighted by atomic mass is 16.5. The van der Waals surface area contributed by atoms with Crippen LogP contribution >= 0.6 is 0 Å². The number of rotatable bonds is 4. The molecule has 0 amide bonds. The molecule has 0 fully saturated rings. The molecule has 0 aliphatic carbocycles. The molecule has 0 spiro atoms. The minimum atomic E-state index is -0.573. The first kappa shape index (κ1) is 12.2. The monoisotopic (exact) mass is 247 g/mol. The summed E-state index contributed by atoms with van der Waals surface area (Å²) in [6, 6.07) is 5.32. The van der Waals surface area contributed by atoms with Crippen molar-refractivity contribution < 1.29 is 19.1 Å². The van der Waals surface area contributed by atoms with Gasteiger partial charge >= 0.3 is 5.97 Å². The van der Waals surface area contributed by atoms with E-state index in [0.29, 0.717) is 29.5 Å². The lowest BCUT2D eigenvalue weighted by Crippen LogP contribution is -2.04. The van der Waals surface area contributed by atoms with E-state index in [1.165, 1.54) is 7.11 Å². The van der Waals surface area contributed by atoms with E-state index >= 15 is 0 Å². The highest BCUT2D eigenvalue weighted by Crippen LogP contribution is 2.30. The van der Waals surface area contributed by atoms with Gasteiger partial charge in [0.1, 0.15) is 11.4 Å². The molecule has 18 heavy (non-hydrogen) atoms. The highest BCUT2D eigenvalue weighted by molar-refractivity contribution is 6.10. The molecule has 1 N–H and O–H groups in total. The van der Waals surface area contributed by atoms with Crippen LogP contribution in [0.25, 0.3) is 10.9 Å². The second kappa shape index (κ2) is 4.91. The molecular weight excluding hydrogens is 234 g/mol. The number of esters is 1. The Labute approximate surface area is 104 Å². The third-order valence-corrected chi connectivity index (χ3v) is 2.63. The zero-order valence-electron chi connectivity index (χ0n) is 10.1. The molecule has 0 saturated heterocycles.